The summed E-state index contributed by atoms with van der Waals surface area (Å²) in [6.45, 7) is 8.56. The third-order valence-corrected chi connectivity index (χ3v) is 8.45. The van der Waals surface area contributed by atoms with Crippen LogP contribution in [-0.4, -0.2) is 81.5 Å². The molecule has 10 atom stereocenters. The van der Waals surface area contributed by atoms with Crippen LogP contribution in [0.25, 0.3) is 0 Å². The standard InChI is InChI=1S/C24H29ClO10/c1-10-8-13-18(32-13)22(4)7-6-14(28)23(5,35-12(3)27)17(22)20(33-15(29)9-26)24(31)11(2)21(30)34-19(24)16(10)25/h6-7,11,13,16-20,26,31H,1,8-9H2,2-5H3/t11?,13-,16?,17?,18?,19?,20+,22+,23-,24?/m1/s1. The SMILES string of the molecule is C=C1C[C@H]2OC2[C@@]2(C)C=CC(=O)[C@@](C)(OC(C)=O)C2[C@H](OC(=O)CO)C2(O)C(C)C(=O)OC2C1Cl. The van der Waals surface area contributed by atoms with Crippen LogP contribution in [0.1, 0.15) is 34.1 Å². The van der Waals surface area contributed by atoms with E-state index in [2.05, 4.69) is 6.58 Å². The second-order valence-electron chi connectivity index (χ2n) is 10.1. The lowest BCUT2D eigenvalue weighted by molar-refractivity contribution is -0.226. The van der Waals surface area contributed by atoms with Crippen LogP contribution in [0, 0.1) is 17.3 Å². The molecular formula is C24H29ClO10. The number of ether oxygens (including phenoxy) is 4. The predicted molar refractivity (Wildman–Crippen MR) is 119 cm³/mol. The average Bonchev–Trinajstić information content (AvgIpc) is 3.52. The van der Waals surface area contributed by atoms with E-state index in [0.717, 1.165) is 6.92 Å². The number of aliphatic hydroxyl groups is 2. The van der Waals surface area contributed by atoms with Crippen LogP contribution in [0.2, 0.25) is 0 Å². The van der Waals surface area contributed by atoms with Crippen molar-refractivity contribution in [2.24, 2.45) is 17.3 Å². The molecule has 6 unspecified atom stereocenters. The maximum atomic E-state index is 13.3. The van der Waals surface area contributed by atoms with Crippen molar-refractivity contribution in [2.45, 2.75) is 75.1 Å². The number of rotatable bonds is 3. The quantitative estimate of drug-likeness (QED) is 0.181. The van der Waals surface area contributed by atoms with E-state index >= 15 is 0 Å². The summed E-state index contributed by atoms with van der Waals surface area (Å²) >= 11 is 6.66. The van der Waals surface area contributed by atoms with Gasteiger partial charge < -0.3 is 29.2 Å². The molecule has 0 spiro atoms. The third-order valence-electron chi connectivity index (χ3n) is 7.91. The number of epoxide rings is 1. The molecule has 0 aromatic heterocycles. The number of fused-ring (bicyclic) bond motifs is 4. The van der Waals surface area contributed by atoms with Crippen molar-refractivity contribution in [1.29, 1.82) is 0 Å². The van der Waals surface area contributed by atoms with Gasteiger partial charge in [0, 0.05) is 12.3 Å². The molecule has 2 heterocycles. The van der Waals surface area contributed by atoms with Crippen molar-refractivity contribution in [2.75, 3.05) is 6.61 Å². The van der Waals surface area contributed by atoms with Crippen molar-refractivity contribution >= 4 is 35.3 Å². The molecule has 4 rings (SSSR count). The lowest BCUT2D eigenvalue weighted by Crippen LogP contribution is -2.69. The average molecular weight is 513 g/mol. The van der Waals surface area contributed by atoms with E-state index in [9.17, 15) is 29.4 Å². The zero-order valence-electron chi connectivity index (χ0n) is 19.9. The molecule has 11 heteroatoms. The molecule has 2 saturated heterocycles. The van der Waals surface area contributed by atoms with Crippen LogP contribution in [-0.2, 0) is 38.1 Å². The smallest absolute Gasteiger partial charge is 0.332 e. The molecule has 3 fully saturated rings. The van der Waals surface area contributed by atoms with Crippen molar-refractivity contribution in [1.82, 2.24) is 0 Å². The molecule has 10 nitrogen and oxygen atoms in total. The third kappa shape index (κ3) is 3.73. The summed E-state index contributed by atoms with van der Waals surface area (Å²) in [5.41, 5.74) is -4.90. The van der Waals surface area contributed by atoms with Gasteiger partial charge in [0.15, 0.2) is 23.1 Å². The highest BCUT2D eigenvalue weighted by atomic mass is 35.5. The highest BCUT2D eigenvalue weighted by Gasteiger charge is 2.73. The highest BCUT2D eigenvalue weighted by Crippen LogP contribution is 2.59. The summed E-state index contributed by atoms with van der Waals surface area (Å²) in [6.07, 6.45) is -0.894. The number of halogens is 1. The van der Waals surface area contributed by atoms with Crippen LogP contribution in [0.15, 0.2) is 24.3 Å². The second-order valence-corrected chi connectivity index (χ2v) is 10.6. The van der Waals surface area contributed by atoms with Crippen LogP contribution in [0.3, 0.4) is 0 Å². The largest absolute Gasteiger partial charge is 0.457 e. The second kappa shape index (κ2) is 8.40. The Balaban J connectivity index is 2.02. The van der Waals surface area contributed by atoms with Crippen molar-refractivity contribution in [3.63, 3.8) is 0 Å². The molecule has 0 radical (unpaired) electrons. The van der Waals surface area contributed by atoms with E-state index in [1.807, 2.05) is 0 Å². The molecule has 0 aromatic rings. The van der Waals surface area contributed by atoms with Gasteiger partial charge in [-0.1, -0.05) is 25.2 Å². The summed E-state index contributed by atoms with van der Waals surface area (Å²) in [5.74, 6) is -5.83. The van der Waals surface area contributed by atoms with Crippen LogP contribution in [0.5, 0.6) is 0 Å². The molecule has 0 aromatic carbocycles. The Kier molecular flexibility index (Phi) is 6.19. The number of esters is 3. The Labute approximate surface area is 207 Å². The molecule has 2 aliphatic heterocycles. The minimum Gasteiger partial charge on any atom is -0.457 e. The number of carbonyl (C=O) groups is 4. The molecule has 4 aliphatic rings. The molecule has 2 N–H and O–H groups in total. The first kappa shape index (κ1) is 25.8. The number of carbonyl (C=O) groups excluding carboxylic acids is 4. The Morgan fingerprint density at radius 1 is 1.29 bits per heavy atom. The normalized spacial score (nSPS) is 46.6. The van der Waals surface area contributed by atoms with Crippen molar-refractivity contribution < 1.29 is 48.3 Å². The van der Waals surface area contributed by atoms with Crippen LogP contribution in [0.4, 0.5) is 0 Å². The van der Waals surface area contributed by atoms with Gasteiger partial charge in [-0.2, -0.15) is 0 Å². The molecule has 35 heavy (non-hydrogen) atoms. The topological polar surface area (TPSA) is 149 Å². The van der Waals surface area contributed by atoms with Gasteiger partial charge in [0.1, 0.15) is 12.7 Å². The lowest BCUT2D eigenvalue weighted by atomic mass is 9.55. The fourth-order valence-electron chi connectivity index (χ4n) is 6.07. The number of aliphatic hydroxyl groups excluding tert-OH is 1. The lowest BCUT2D eigenvalue weighted by Gasteiger charge is -2.53. The summed E-state index contributed by atoms with van der Waals surface area (Å²) < 4.78 is 22.6. The minimum atomic E-state index is -2.28. The molecule has 2 aliphatic carbocycles. The molecule has 0 bridgehead atoms. The molecule has 1 saturated carbocycles. The Morgan fingerprint density at radius 3 is 2.54 bits per heavy atom. The monoisotopic (exact) mass is 512 g/mol. The number of hydrogen-bond acceptors (Lipinski definition) is 10. The molecular weight excluding hydrogens is 484 g/mol. The zero-order chi connectivity index (χ0) is 26.1. The first-order valence-corrected chi connectivity index (χ1v) is 11.8. The van der Waals surface area contributed by atoms with Gasteiger partial charge in [0.05, 0.1) is 29.4 Å². The van der Waals surface area contributed by atoms with E-state index in [0.29, 0.717) is 5.57 Å². The van der Waals surface area contributed by atoms with Gasteiger partial charge in [0.2, 0.25) is 0 Å². The zero-order valence-corrected chi connectivity index (χ0v) is 20.6. The van der Waals surface area contributed by atoms with E-state index in [4.69, 9.17) is 30.5 Å². The van der Waals surface area contributed by atoms with E-state index in [1.54, 1.807) is 13.0 Å². The fourth-order valence-corrected chi connectivity index (χ4v) is 6.41. The first-order valence-electron chi connectivity index (χ1n) is 11.4. The number of ketones is 1. The van der Waals surface area contributed by atoms with Crippen molar-refractivity contribution in [3.05, 3.63) is 24.3 Å². The van der Waals surface area contributed by atoms with Crippen LogP contribution < -0.4 is 0 Å². The first-order chi connectivity index (χ1) is 16.2. The van der Waals surface area contributed by atoms with Gasteiger partial charge in [-0.25, -0.2) is 4.79 Å². The van der Waals surface area contributed by atoms with E-state index in [1.165, 1.54) is 19.9 Å². The minimum absolute atomic E-state index is 0.285. The van der Waals surface area contributed by atoms with Gasteiger partial charge in [-0.15, -0.1) is 11.6 Å². The maximum Gasteiger partial charge on any atom is 0.332 e. The summed E-state index contributed by atoms with van der Waals surface area (Å²) in [6, 6.07) is 0. The summed E-state index contributed by atoms with van der Waals surface area (Å²) in [7, 11) is 0. The van der Waals surface area contributed by atoms with Gasteiger partial charge in [-0.3, -0.25) is 14.4 Å². The summed E-state index contributed by atoms with van der Waals surface area (Å²) in [4.78, 5) is 50.7. The highest BCUT2D eigenvalue weighted by molar-refractivity contribution is 6.23. The Hall–Kier alpha value is -2.27. The van der Waals surface area contributed by atoms with E-state index < -0.39 is 82.4 Å². The predicted octanol–water partition coefficient (Wildman–Crippen LogP) is 0.601. The van der Waals surface area contributed by atoms with Gasteiger partial charge >= 0.3 is 17.9 Å². The summed E-state index contributed by atoms with van der Waals surface area (Å²) in [5, 5.41) is 20.6. The van der Waals surface area contributed by atoms with Gasteiger partial charge in [0.25, 0.3) is 0 Å². The van der Waals surface area contributed by atoms with Crippen molar-refractivity contribution in [3.8, 4) is 0 Å². The molecule has 0 amide bonds. The van der Waals surface area contributed by atoms with Crippen LogP contribution >= 0.6 is 11.6 Å². The Morgan fingerprint density at radius 2 is 1.94 bits per heavy atom. The maximum absolute atomic E-state index is 13.3. The number of hydrogen-bond donors (Lipinski definition) is 2. The fraction of sp³-hybridized carbons (Fsp3) is 0.667. The van der Waals surface area contributed by atoms with E-state index in [-0.39, 0.29) is 12.5 Å². The number of alkyl halides is 1. The Bertz CT molecular complexity index is 1020. The van der Waals surface area contributed by atoms with Gasteiger partial charge in [-0.05, 0) is 26.3 Å². The molecule has 192 valence electrons.